The van der Waals surface area contributed by atoms with Crippen molar-refractivity contribution in [3.05, 3.63) is 16.2 Å². The number of likely N-dealkylation sites (N-methyl/N-ethyl adjacent to an activating group) is 2. The molecule has 6 heteroatoms. The standard InChI is InChI=1S/C12H19BrN4O/c1-4-15-10(18)7-17(5-2)12-11(13)8(3)9(14)6-16-12/h6H,4-5,7,14H2,1-3H3,(H,15,18). The van der Waals surface area contributed by atoms with Crippen LogP contribution in [0.5, 0.6) is 0 Å². The van der Waals surface area contributed by atoms with Gasteiger partial charge < -0.3 is 16.0 Å². The summed E-state index contributed by atoms with van der Waals surface area (Å²) < 4.78 is 0.841. The monoisotopic (exact) mass is 314 g/mol. The molecule has 0 aliphatic carbocycles. The molecule has 3 N–H and O–H groups in total. The topological polar surface area (TPSA) is 71.2 Å². The number of carbonyl (C=O) groups is 1. The summed E-state index contributed by atoms with van der Waals surface area (Å²) >= 11 is 3.49. The number of aromatic nitrogens is 1. The molecule has 1 rings (SSSR count). The summed E-state index contributed by atoms with van der Waals surface area (Å²) in [6.07, 6.45) is 1.62. The van der Waals surface area contributed by atoms with Gasteiger partial charge in [0.25, 0.3) is 0 Å². The van der Waals surface area contributed by atoms with Gasteiger partial charge in [0.15, 0.2) is 0 Å². The van der Waals surface area contributed by atoms with Gasteiger partial charge in [-0.1, -0.05) is 0 Å². The van der Waals surface area contributed by atoms with Crippen molar-refractivity contribution in [2.75, 3.05) is 30.3 Å². The SMILES string of the molecule is CCNC(=O)CN(CC)c1ncc(N)c(C)c1Br. The van der Waals surface area contributed by atoms with E-state index in [1.165, 1.54) is 0 Å². The molecule has 0 aliphatic heterocycles. The van der Waals surface area contributed by atoms with Crippen LogP contribution >= 0.6 is 15.9 Å². The minimum Gasteiger partial charge on any atom is -0.397 e. The Balaban J connectivity index is 2.95. The Morgan fingerprint density at radius 2 is 2.22 bits per heavy atom. The summed E-state index contributed by atoms with van der Waals surface area (Å²) in [4.78, 5) is 17.8. The van der Waals surface area contributed by atoms with Crippen LogP contribution in [0.1, 0.15) is 19.4 Å². The van der Waals surface area contributed by atoms with E-state index in [0.29, 0.717) is 25.3 Å². The largest absolute Gasteiger partial charge is 0.397 e. The Labute approximate surface area is 116 Å². The van der Waals surface area contributed by atoms with E-state index in [9.17, 15) is 4.79 Å². The zero-order valence-corrected chi connectivity index (χ0v) is 12.5. The second kappa shape index (κ2) is 6.58. The van der Waals surface area contributed by atoms with Crippen LogP contribution in [-0.4, -0.2) is 30.5 Å². The van der Waals surface area contributed by atoms with E-state index >= 15 is 0 Å². The van der Waals surface area contributed by atoms with Gasteiger partial charge in [0, 0.05) is 13.1 Å². The molecule has 0 saturated carbocycles. The first-order chi connectivity index (χ1) is 8.51. The van der Waals surface area contributed by atoms with Crippen molar-refractivity contribution in [1.82, 2.24) is 10.3 Å². The van der Waals surface area contributed by atoms with E-state index < -0.39 is 0 Å². The Morgan fingerprint density at radius 3 is 2.78 bits per heavy atom. The molecule has 0 radical (unpaired) electrons. The summed E-state index contributed by atoms with van der Waals surface area (Å²) in [5.41, 5.74) is 7.37. The van der Waals surface area contributed by atoms with Gasteiger partial charge in [-0.25, -0.2) is 4.98 Å². The zero-order chi connectivity index (χ0) is 13.7. The predicted molar refractivity (Wildman–Crippen MR) is 77.7 cm³/mol. The van der Waals surface area contributed by atoms with Crippen LogP contribution in [0.2, 0.25) is 0 Å². The number of nitrogen functional groups attached to an aromatic ring is 1. The van der Waals surface area contributed by atoms with Gasteiger partial charge >= 0.3 is 0 Å². The first-order valence-corrected chi connectivity index (χ1v) is 6.72. The molecule has 100 valence electrons. The number of carbonyl (C=O) groups excluding carboxylic acids is 1. The second-order valence-electron chi connectivity index (χ2n) is 3.94. The molecule has 1 heterocycles. The maximum absolute atomic E-state index is 11.6. The third kappa shape index (κ3) is 3.35. The van der Waals surface area contributed by atoms with Gasteiger partial charge in [-0.15, -0.1) is 0 Å². The number of pyridine rings is 1. The highest BCUT2D eigenvalue weighted by molar-refractivity contribution is 9.10. The first-order valence-electron chi connectivity index (χ1n) is 5.93. The summed E-state index contributed by atoms with van der Waals surface area (Å²) in [5, 5.41) is 2.78. The highest BCUT2D eigenvalue weighted by Crippen LogP contribution is 2.30. The van der Waals surface area contributed by atoms with Crippen molar-refractivity contribution in [3.63, 3.8) is 0 Å². The number of nitrogens with two attached hydrogens (primary N) is 1. The molecular formula is C12H19BrN4O. The van der Waals surface area contributed by atoms with Crippen LogP contribution in [0.4, 0.5) is 11.5 Å². The maximum Gasteiger partial charge on any atom is 0.239 e. The predicted octanol–water partition coefficient (Wildman–Crippen LogP) is 1.70. The van der Waals surface area contributed by atoms with Gasteiger partial charge in [-0.2, -0.15) is 0 Å². The number of rotatable bonds is 5. The van der Waals surface area contributed by atoms with Crippen molar-refractivity contribution in [3.8, 4) is 0 Å². The van der Waals surface area contributed by atoms with Gasteiger partial charge in [0.2, 0.25) is 5.91 Å². The quantitative estimate of drug-likeness (QED) is 0.867. The zero-order valence-electron chi connectivity index (χ0n) is 11.0. The fourth-order valence-electron chi connectivity index (χ4n) is 1.56. The van der Waals surface area contributed by atoms with Crippen LogP contribution in [-0.2, 0) is 4.79 Å². The average Bonchev–Trinajstić information content (AvgIpc) is 2.34. The Bertz CT molecular complexity index is 436. The lowest BCUT2D eigenvalue weighted by atomic mass is 10.2. The fourth-order valence-corrected chi connectivity index (χ4v) is 2.14. The van der Waals surface area contributed by atoms with E-state index in [1.54, 1.807) is 6.20 Å². The van der Waals surface area contributed by atoms with Gasteiger partial charge in [0.1, 0.15) is 5.82 Å². The molecule has 1 amide bonds. The third-order valence-electron chi connectivity index (χ3n) is 2.67. The summed E-state index contributed by atoms with van der Waals surface area (Å²) in [6, 6.07) is 0. The van der Waals surface area contributed by atoms with Crippen LogP contribution in [0.15, 0.2) is 10.7 Å². The minimum absolute atomic E-state index is 0.0115. The van der Waals surface area contributed by atoms with Crippen LogP contribution in [0.25, 0.3) is 0 Å². The molecule has 1 aromatic rings. The number of hydrogen-bond acceptors (Lipinski definition) is 4. The van der Waals surface area contributed by atoms with Crippen molar-refractivity contribution in [2.24, 2.45) is 0 Å². The van der Waals surface area contributed by atoms with Gasteiger partial charge in [0.05, 0.1) is 22.9 Å². The second-order valence-corrected chi connectivity index (χ2v) is 4.74. The minimum atomic E-state index is -0.0115. The Morgan fingerprint density at radius 1 is 1.56 bits per heavy atom. The number of halogens is 1. The van der Waals surface area contributed by atoms with Gasteiger partial charge in [-0.05, 0) is 42.3 Å². The number of nitrogens with one attached hydrogen (secondary N) is 1. The molecule has 18 heavy (non-hydrogen) atoms. The van der Waals surface area contributed by atoms with Crippen molar-refractivity contribution in [2.45, 2.75) is 20.8 Å². The summed E-state index contributed by atoms with van der Waals surface area (Å²) in [7, 11) is 0. The molecule has 0 atom stereocenters. The Hall–Kier alpha value is -1.30. The molecule has 0 unspecified atom stereocenters. The molecule has 0 aliphatic rings. The third-order valence-corrected chi connectivity index (χ3v) is 3.62. The van der Waals surface area contributed by atoms with E-state index in [-0.39, 0.29) is 5.91 Å². The number of nitrogens with zero attached hydrogens (tertiary/aromatic N) is 2. The average molecular weight is 315 g/mol. The summed E-state index contributed by atoms with van der Waals surface area (Å²) in [5.74, 6) is 0.734. The van der Waals surface area contributed by atoms with E-state index in [2.05, 4.69) is 26.2 Å². The maximum atomic E-state index is 11.6. The fraction of sp³-hybridized carbons (Fsp3) is 0.500. The molecule has 0 saturated heterocycles. The summed E-state index contributed by atoms with van der Waals surface area (Å²) in [6.45, 7) is 7.43. The smallest absolute Gasteiger partial charge is 0.239 e. The van der Waals surface area contributed by atoms with E-state index in [4.69, 9.17) is 5.73 Å². The van der Waals surface area contributed by atoms with Crippen LogP contribution in [0, 0.1) is 6.92 Å². The molecular weight excluding hydrogens is 296 g/mol. The molecule has 0 aromatic carbocycles. The molecule has 0 spiro atoms. The highest BCUT2D eigenvalue weighted by Gasteiger charge is 2.15. The lowest BCUT2D eigenvalue weighted by Crippen LogP contribution is -2.37. The lowest BCUT2D eigenvalue weighted by molar-refractivity contribution is -0.119. The van der Waals surface area contributed by atoms with E-state index in [1.807, 2.05) is 25.7 Å². The molecule has 1 aromatic heterocycles. The molecule has 0 bridgehead atoms. The number of amides is 1. The van der Waals surface area contributed by atoms with Crippen LogP contribution < -0.4 is 16.0 Å². The van der Waals surface area contributed by atoms with E-state index in [0.717, 1.165) is 15.9 Å². The molecule has 0 fully saturated rings. The number of anilines is 2. The van der Waals surface area contributed by atoms with Crippen LogP contribution in [0.3, 0.4) is 0 Å². The lowest BCUT2D eigenvalue weighted by Gasteiger charge is -2.23. The van der Waals surface area contributed by atoms with Crippen molar-refractivity contribution in [1.29, 1.82) is 0 Å². The van der Waals surface area contributed by atoms with Gasteiger partial charge in [-0.3, -0.25) is 4.79 Å². The molecule has 5 nitrogen and oxygen atoms in total. The van der Waals surface area contributed by atoms with Crippen molar-refractivity contribution >= 4 is 33.3 Å². The van der Waals surface area contributed by atoms with Crippen molar-refractivity contribution < 1.29 is 4.79 Å². The first kappa shape index (κ1) is 14.8. The normalized spacial score (nSPS) is 10.2. The Kier molecular flexibility index (Phi) is 5.40. The highest BCUT2D eigenvalue weighted by atomic mass is 79.9. The number of hydrogen-bond donors (Lipinski definition) is 2.